The molecule has 96 valence electrons. The topological polar surface area (TPSA) is 55.1 Å². The predicted octanol–water partition coefficient (Wildman–Crippen LogP) is 2.88. The summed E-state index contributed by atoms with van der Waals surface area (Å²) in [5.41, 5.74) is 5.41. The van der Waals surface area contributed by atoms with E-state index in [0.29, 0.717) is 22.2 Å². The third kappa shape index (κ3) is 4.72. The zero-order valence-corrected chi connectivity index (χ0v) is 11.9. The molecule has 0 bridgehead atoms. The predicted molar refractivity (Wildman–Crippen MR) is 74.3 cm³/mol. The molecule has 0 aromatic heterocycles. The minimum absolute atomic E-state index is 0. The van der Waals surface area contributed by atoms with E-state index < -0.39 is 5.54 Å². The van der Waals surface area contributed by atoms with Crippen LogP contribution in [0.2, 0.25) is 10.0 Å². The Morgan fingerprint density at radius 3 is 2.53 bits per heavy atom. The maximum absolute atomic E-state index is 11.9. The maximum atomic E-state index is 11.9. The average molecular weight is 298 g/mol. The summed E-state index contributed by atoms with van der Waals surface area (Å²) in [6.45, 7) is 4.02. The van der Waals surface area contributed by atoms with Crippen LogP contribution in [0.25, 0.3) is 0 Å². The normalized spacial score (nSPS) is 10.6. The van der Waals surface area contributed by atoms with E-state index in [9.17, 15) is 4.79 Å². The zero-order valence-electron chi connectivity index (χ0n) is 9.59. The fourth-order valence-corrected chi connectivity index (χ4v) is 1.47. The van der Waals surface area contributed by atoms with Crippen molar-refractivity contribution in [1.29, 1.82) is 0 Å². The molecule has 0 unspecified atom stereocenters. The van der Waals surface area contributed by atoms with E-state index in [2.05, 4.69) is 5.32 Å². The van der Waals surface area contributed by atoms with Crippen LogP contribution in [0.15, 0.2) is 18.2 Å². The highest BCUT2D eigenvalue weighted by Gasteiger charge is 2.20. The van der Waals surface area contributed by atoms with E-state index in [1.807, 2.05) is 13.8 Å². The minimum atomic E-state index is -0.470. The molecule has 1 rings (SSSR count). The molecule has 0 atom stereocenters. The second-order valence-corrected chi connectivity index (χ2v) is 5.01. The Labute approximate surface area is 117 Å². The summed E-state index contributed by atoms with van der Waals surface area (Å²) in [7, 11) is 0. The highest BCUT2D eigenvalue weighted by molar-refractivity contribution is 6.35. The largest absolute Gasteiger partial charge is 0.346 e. The van der Waals surface area contributed by atoms with Gasteiger partial charge >= 0.3 is 0 Å². The van der Waals surface area contributed by atoms with Crippen molar-refractivity contribution < 1.29 is 4.79 Å². The van der Waals surface area contributed by atoms with Crippen molar-refractivity contribution in [3.8, 4) is 0 Å². The van der Waals surface area contributed by atoms with Gasteiger partial charge in [0.2, 0.25) is 0 Å². The molecule has 1 aromatic carbocycles. The van der Waals surface area contributed by atoms with E-state index in [4.69, 9.17) is 28.9 Å². The SMILES string of the molecule is CC(C)(CN)NC(=O)c1cc(Cl)ccc1Cl.Cl. The number of carbonyl (C=O) groups excluding carboxylic acids is 1. The minimum Gasteiger partial charge on any atom is -0.346 e. The van der Waals surface area contributed by atoms with Crippen molar-refractivity contribution in [2.24, 2.45) is 5.73 Å². The number of hydrogen-bond acceptors (Lipinski definition) is 2. The number of nitrogens with one attached hydrogen (secondary N) is 1. The molecule has 0 spiro atoms. The highest BCUT2D eigenvalue weighted by Crippen LogP contribution is 2.21. The lowest BCUT2D eigenvalue weighted by Gasteiger charge is -2.24. The summed E-state index contributed by atoms with van der Waals surface area (Å²) < 4.78 is 0. The Kier molecular flexibility index (Phi) is 6.27. The van der Waals surface area contributed by atoms with Gasteiger partial charge in [-0.3, -0.25) is 4.79 Å². The van der Waals surface area contributed by atoms with Gasteiger partial charge in [0.15, 0.2) is 0 Å². The first-order valence-electron chi connectivity index (χ1n) is 4.83. The monoisotopic (exact) mass is 296 g/mol. The van der Waals surface area contributed by atoms with Gasteiger partial charge in [-0.25, -0.2) is 0 Å². The van der Waals surface area contributed by atoms with Crippen LogP contribution in [0.5, 0.6) is 0 Å². The highest BCUT2D eigenvalue weighted by atomic mass is 35.5. The molecule has 1 aromatic rings. The number of benzene rings is 1. The molecule has 0 heterocycles. The molecule has 17 heavy (non-hydrogen) atoms. The first-order valence-corrected chi connectivity index (χ1v) is 5.59. The molecule has 0 saturated heterocycles. The van der Waals surface area contributed by atoms with Crippen molar-refractivity contribution >= 4 is 41.5 Å². The zero-order chi connectivity index (χ0) is 12.3. The van der Waals surface area contributed by atoms with Crippen LogP contribution in [-0.2, 0) is 0 Å². The fourth-order valence-electron chi connectivity index (χ4n) is 1.10. The van der Waals surface area contributed by atoms with Crippen LogP contribution >= 0.6 is 35.6 Å². The molecule has 1 amide bonds. The van der Waals surface area contributed by atoms with Gasteiger partial charge in [0, 0.05) is 17.1 Å². The summed E-state index contributed by atoms with van der Waals surface area (Å²) >= 11 is 11.7. The average Bonchev–Trinajstić information content (AvgIpc) is 2.21. The van der Waals surface area contributed by atoms with Crippen molar-refractivity contribution in [1.82, 2.24) is 5.32 Å². The number of carbonyl (C=O) groups is 1. The van der Waals surface area contributed by atoms with Crippen LogP contribution in [0.1, 0.15) is 24.2 Å². The van der Waals surface area contributed by atoms with E-state index in [1.54, 1.807) is 12.1 Å². The van der Waals surface area contributed by atoms with Gasteiger partial charge in [0.25, 0.3) is 5.91 Å². The van der Waals surface area contributed by atoms with Gasteiger partial charge in [-0.05, 0) is 32.0 Å². The van der Waals surface area contributed by atoms with Gasteiger partial charge in [-0.2, -0.15) is 0 Å². The van der Waals surface area contributed by atoms with Crippen molar-refractivity contribution in [3.63, 3.8) is 0 Å². The van der Waals surface area contributed by atoms with Gasteiger partial charge in [0.1, 0.15) is 0 Å². The molecule has 0 saturated carbocycles. The molecule has 3 nitrogen and oxygen atoms in total. The smallest absolute Gasteiger partial charge is 0.253 e. The van der Waals surface area contributed by atoms with E-state index in [-0.39, 0.29) is 18.3 Å². The number of nitrogens with two attached hydrogens (primary N) is 1. The third-order valence-electron chi connectivity index (χ3n) is 2.14. The fraction of sp³-hybridized carbons (Fsp3) is 0.364. The number of rotatable bonds is 3. The molecular weight excluding hydrogens is 282 g/mol. The van der Waals surface area contributed by atoms with Crippen LogP contribution < -0.4 is 11.1 Å². The number of amides is 1. The number of halogens is 3. The van der Waals surface area contributed by atoms with Gasteiger partial charge in [-0.15, -0.1) is 12.4 Å². The van der Waals surface area contributed by atoms with Crippen molar-refractivity contribution in [2.45, 2.75) is 19.4 Å². The quantitative estimate of drug-likeness (QED) is 0.901. The van der Waals surface area contributed by atoms with Crippen LogP contribution in [0, 0.1) is 0 Å². The first-order chi connectivity index (χ1) is 7.35. The lowest BCUT2D eigenvalue weighted by atomic mass is 10.1. The Morgan fingerprint density at radius 1 is 1.41 bits per heavy atom. The maximum Gasteiger partial charge on any atom is 0.253 e. The molecule has 0 aliphatic carbocycles. The third-order valence-corrected chi connectivity index (χ3v) is 2.70. The van der Waals surface area contributed by atoms with Crippen LogP contribution in [0.3, 0.4) is 0 Å². The first kappa shape index (κ1) is 16.5. The molecular formula is C11H15Cl3N2O. The van der Waals surface area contributed by atoms with E-state index in [1.165, 1.54) is 6.07 Å². The summed E-state index contributed by atoms with van der Waals surface area (Å²) in [5, 5.41) is 3.63. The lowest BCUT2D eigenvalue weighted by Crippen LogP contribution is -2.48. The van der Waals surface area contributed by atoms with Gasteiger partial charge in [-0.1, -0.05) is 23.2 Å². The van der Waals surface area contributed by atoms with Crippen LogP contribution in [0.4, 0.5) is 0 Å². The summed E-state index contributed by atoms with van der Waals surface area (Å²) in [4.78, 5) is 11.9. The lowest BCUT2D eigenvalue weighted by molar-refractivity contribution is 0.0916. The van der Waals surface area contributed by atoms with E-state index >= 15 is 0 Å². The van der Waals surface area contributed by atoms with Crippen molar-refractivity contribution in [2.75, 3.05) is 6.54 Å². The van der Waals surface area contributed by atoms with Crippen LogP contribution in [-0.4, -0.2) is 18.0 Å². The summed E-state index contributed by atoms with van der Waals surface area (Å²) in [6, 6.07) is 4.76. The Bertz CT molecular complexity index is 408. The Balaban J connectivity index is 0.00000256. The standard InChI is InChI=1S/C11H14Cl2N2O.ClH/c1-11(2,6-14)15-10(16)8-5-7(12)3-4-9(8)13;/h3-5H,6,14H2,1-2H3,(H,15,16);1H. The number of hydrogen-bond donors (Lipinski definition) is 2. The molecule has 0 radical (unpaired) electrons. The second-order valence-electron chi connectivity index (χ2n) is 4.17. The summed E-state index contributed by atoms with van der Waals surface area (Å²) in [6.07, 6.45) is 0. The van der Waals surface area contributed by atoms with Gasteiger partial charge in [0.05, 0.1) is 10.6 Å². The molecule has 0 aliphatic rings. The Morgan fingerprint density at radius 2 is 2.00 bits per heavy atom. The van der Waals surface area contributed by atoms with Gasteiger partial charge < -0.3 is 11.1 Å². The Hall–Kier alpha value is -0.480. The summed E-state index contributed by atoms with van der Waals surface area (Å²) in [5.74, 6) is -0.275. The molecule has 0 fully saturated rings. The molecule has 6 heteroatoms. The second kappa shape index (κ2) is 6.45. The molecule has 3 N–H and O–H groups in total. The van der Waals surface area contributed by atoms with Crippen molar-refractivity contribution in [3.05, 3.63) is 33.8 Å². The van der Waals surface area contributed by atoms with E-state index in [0.717, 1.165) is 0 Å². The molecule has 0 aliphatic heterocycles.